The first-order chi connectivity index (χ1) is 9.45. The lowest BCUT2D eigenvalue weighted by atomic mass is 10.2. The average Bonchev–Trinajstić information content (AvgIpc) is 2.40. The van der Waals surface area contributed by atoms with Crippen LogP contribution in [0, 0.1) is 13.8 Å². The van der Waals surface area contributed by atoms with Crippen molar-refractivity contribution < 1.29 is 8.42 Å². The fourth-order valence-corrected chi connectivity index (χ4v) is 3.58. The minimum atomic E-state index is -3.50. The zero-order valence-corrected chi connectivity index (χ0v) is 12.8. The Morgan fingerprint density at radius 3 is 2.15 bits per heavy atom. The third-order valence-electron chi connectivity index (χ3n) is 3.19. The van der Waals surface area contributed by atoms with Crippen LogP contribution in [-0.4, -0.2) is 15.0 Å². The van der Waals surface area contributed by atoms with E-state index in [2.05, 4.69) is 0 Å². The van der Waals surface area contributed by atoms with E-state index in [1.165, 1.54) is 4.31 Å². The van der Waals surface area contributed by atoms with Crippen molar-refractivity contribution in [3.05, 3.63) is 59.7 Å². The molecule has 0 saturated carbocycles. The highest BCUT2D eigenvalue weighted by atomic mass is 32.2. The van der Waals surface area contributed by atoms with Crippen LogP contribution in [-0.2, 0) is 10.0 Å². The molecule has 0 unspecified atom stereocenters. The molecule has 4 heteroatoms. The zero-order chi connectivity index (χ0) is 14.8. The second-order valence-corrected chi connectivity index (χ2v) is 6.68. The lowest BCUT2D eigenvalue weighted by molar-refractivity contribution is 0.592. The summed E-state index contributed by atoms with van der Waals surface area (Å²) in [7, 11) is -3.50. The van der Waals surface area contributed by atoms with Crippen molar-refractivity contribution in [2.75, 3.05) is 10.8 Å². The molecule has 0 radical (unpaired) electrons. The third kappa shape index (κ3) is 2.85. The smallest absolute Gasteiger partial charge is 0.264 e. The molecule has 0 spiro atoms. The summed E-state index contributed by atoms with van der Waals surface area (Å²) in [6.45, 7) is 6.14. The molecule has 3 nitrogen and oxygen atoms in total. The number of hydrogen-bond donors (Lipinski definition) is 0. The summed E-state index contributed by atoms with van der Waals surface area (Å²) in [5, 5.41) is 0. The molecule has 0 aliphatic carbocycles. The van der Waals surface area contributed by atoms with Crippen molar-refractivity contribution >= 4 is 15.7 Å². The van der Waals surface area contributed by atoms with Gasteiger partial charge in [0.25, 0.3) is 10.0 Å². The molecule has 0 aliphatic rings. The quantitative estimate of drug-likeness (QED) is 0.863. The van der Waals surface area contributed by atoms with Crippen molar-refractivity contribution in [1.82, 2.24) is 0 Å². The summed E-state index contributed by atoms with van der Waals surface area (Å²) >= 11 is 0. The number of sulfonamides is 1. The van der Waals surface area contributed by atoms with Crippen molar-refractivity contribution in [1.29, 1.82) is 0 Å². The summed E-state index contributed by atoms with van der Waals surface area (Å²) in [5.74, 6) is 0. The van der Waals surface area contributed by atoms with E-state index in [1.807, 2.05) is 57.2 Å². The predicted molar refractivity (Wildman–Crippen MR) is 82.6 cm³/mol. The van der Waals surface area contributed by atoms with Crippen LogP contribution in [0.25, 0.3) is 0 Å². The zero-order valence-electron chi connectivity index (χ0n) is 12.0. The van der Waals surface area contributed by atoms with Gasteiger partial charge in [0.05, 0.1) is 10.6 Å². The van der Waals surface area contributed by atoms with Crippen LogP contribution in [0.3, 0.4) is 0 Å². The van der Waals surface area contributed by atoms with E-state index >= 15 is 0 Å². The monoisotopic (exact) mass is 289 g/mol. The molecule has 0 amide bonds. The molecule has 0 saturated heterocycles. The maximum absolute atomic E-state index is 12.7. The fourth-order valence-electron chi connectivity index (χ4n) is 2.11. The van der Waals surface area contributed by atoms with Gasteiger partial charge in [0.1, 0.15) is 0 Å². The highest BCUT2D eigenvalue weighted by molar-refractivity contribution is 7.92. The summed E-state index contributed by atoms with van der Waals surface area (Å²) in [4.78, 5) is 0.325. The van der Waals surface area contributed by atoms with Gasteiger partial charge in [-0.05, 0) is 50.6 Å². The van der Waals surface area contributed by atoms with E-state index < -0.39 is 10.0 Å². The van der Waals surface area contributed by atoms with Gasteiger partial charge in [-0.2, -0.15) is 0 Å². The van der Waals surface area contributed by atoms with Gasteiger partial charge in [-0.25, -0.2) is 8.42 Å². The molecule has 106 valence electrons. The normalized spacial score (nSPS) is 11.3. The van der Waals surface area contributed by atoms with Crippen molar-refractivity contribution in [3.8, 4) is 0 Å². The molecular formula is C16H19NO2S. The Morgan fingerprint density at radius 1 is 0.950 bits per heavy atom. The Kier molecular flexibility index (Phi) is 4.14. The van der Waals surface area contributed by atoms with Crippen LogP contribution in [0.2, 0.25) is 0 Å². The standard InChI is InChI=1S/C16H19NO2S/c1-4-17(15-7-5-6-14(3)12-15)20(18,19)16-10-8-13(2)9-11-16/h5-12H,4H2,1-3H3. The SMILES string of the molecule is CCN(c1cccc(C)c1)S(=O)(=O)c1ccc(C)cc1. The van der Waals surface area contributed by atoms with Crippen LogP contribution in [0.1, 0.15) is 18.1 Å². The minimum Gasteiger partial charge on any atom is -0.267 e. The number of nitrogens with zero attached hydrogens (tertiary/aromatic N) is 1. The summed E-state index contributed by atoms with van der Waals surface area (Å²) in [5.41, 5.74) is 2.79. The van der Waals surface area contributed by atoms with E-state index in [4.69, 9.17) is 0 Å². The number of hydrogen-bond acceptors (Lipinski definition) is 2. The van der Waals surface area contributed by atoms with Gasteiger partial charge in [-0.1, -0.05) is 29.8 Å². The van der Waals surface area contributed by atoms with Gasteiger partial charge in [0.2, 0.25) is 0 Å². The number of anilines is 1. The molecule has 0 bridgehead atoms. The molecule has 20 heavy (non-hydrogen) atoms. The number of benzene rings is 2. The van der Waals surface area contributed by atoms with Crippen LogP contribution in [0.4, 0.5) is 5.69 Å². The predicted octanol–water partition coefficient (Wildman–Crippen LogP) is 3.52. The summed E-state index contributed by atoms with van der Waals surface area (Å²) < 4.78 is 26.9. The highest BCUT2D eigenvalue weighted by Crippen LogP contribution is 2.24. The first kappa shape index (κ1) is 14.6. The molecule has 0 aromatic heterocycles. The number of rotatable bonds is 4. The summed E-state index contributed by atoms with van der Waals surface area (Å²) in [6.07, 6.45) is 0. The third-order valence-corrected chi connectivity index (χ3v) is 5.10. The van der Waals surface area contributed by atoms with E-state index in [0.717, 1.165) is 11.1 Å². The maximum Gasteiger partial charge on any atom is 0.264 e. The lowest BCUT2D eigenvalue weighted by Gasteiger charge is -2.23. The molecule has 0 fully saturated rings. The van der Waals surface area contributed by atoms with E-state index in [9.17, 15) is 8.42 Å². The van der Waals surface area contributed by atoms with Gasteiger partial charge in [-0.3, -0.25) is 4.31 Å². The fraction of sp³-hybridized carbons (Fsp3) is 0.250. The average molecular weight is 289 g/mol. The van der Waals surface area contributed by atoms with Gasteiger partial charge < -0.3 is 0 Å². The largest absolute Gasteiger partial charge is 0.267 e. The number of aryl methyl sites for hydroxylation is 2. The maximum atomic E-state index is 12.7. The van der Waals surface area contributed by atoms with Crippen LogP contribution in [0.15, 0.2) is 53.4 Å². The second-order valence-electron chi connectivity index (χ2n) is 4.82. The van der Waals surface area contributed by atoms with Crippen LogP contribution in [0.5, 0.6) is 0 Å². The summed E-state index contributed by atoms with van der Waals surface area (Å²) in [6, 6.07) is 14.5. The lowest BCUT2D eigenvalue weighted by Crippen LogP contribution is -2.30. The van der Waals surface area contributed by atoms with Gasteiger partial charge in [-0.15, -0.1) is 0 Å². The first-order valence-electron chi connectivity index (χ1n) is 6.61. The van der Waals surface area contributed by atoms with Gasteiger partial charge in [0.15, 0.2) is 0 Å². The Labute approximate surface area is 120 Å². The molecule has 0 N–H and O–H groups in total. The van der Waals surface area contributed by atoms with Gasteiger partial charge >= 0.3 is 0 Å². The Morgan fingerprint density at radius 2 is 1.60 bits per heavy atom. The van der Waals surface area contributed by atoms with E-state index in [1.54, 1.807) is 12.1 Å². The first-order valence-corrected chi connectivity index (χ1v) is 8.05. The molecule has 2 rings (SSSR count). The molecular weight excluding hydrogens is 270 g/mol. The van der Waals surface area contributed by atoms with Gasteiger partial charge in [0, 0.05) is 6.54 Å². The molecule has 2 aromatic rings. The molecule has 0 aliphatic heterocycles. The van der Waals surface area contributed by atoms with Crippen LogP contribution < -0.4 is 4.31 Å². The Balaban J connectivity index is 2.47. The van der Waals surface area contributed by atoms with Crippen molar-refractivity contribution in [2.24, 2.45) is 0 Å². The Bertz CT molecular complexity index is 691. The Hall–Kier alpha value is -1.81. The van der Waals surface area contributed by atoms with Crippen LogP contribution >= 0.6 is 0 Å². The van der Waals surface area contributed by atoms with Crippen molar-refractivity contribution in [3.63, 3.8) is 0 Å². The topological polar surface area (TPSA) is 37.4 Å². The van der Waals surface area contributed by atoms with Crippen molar-refractivity contribution in [2.45, 2.75) is 25.7 Å². The molecule has 2 aromatic carbocycles. The molecule has 0 atom stereocenters. The highest BCUT2D eigenvalue weighted by Gasteiger charge is 2.23. The minimum absolute atomic E-state index is 0.325. The van der Waals surface area contributed by atoms with E-state index in [-0.39, 0.29) is 0 Å². The molecule has 0 heterocycles. The van der Waals surface area contributed by atoms with E-state index in [0.29, 0.717) is 17.1 Å². The second kappa shape index (κ2) is 5.67.